The number of esters is 1. The number of benzene rings is 1. The van der Waals surface area contributed by atoms with E-state index in [0.717, 1.165) is 0 Å². The minimum atomic E-state index is -0.711. The van der Waals surface area contributed by atoms with Crippen molar-refractivity contribution in [2.75, 3.05) is 18.6 Å². The van der Waals surface area contributed by atoms with Crippen LogP contribution in [0, 0.1) is 16.0 Å². The Hall–Kier alpha value is -2.64. The number of methoxy groups -OCH3 is 1. The highest BCUT2D eigenvalue weighted by molar-refractivity contribution is 6.00. The van der Waals surface area contributed by atoms with Gasteiger partial charge in [-0.15, -0.1) is 0 Å². The summed E-state index contributed by atoms with van der Waals surface area (Å²) in [6.45, 7) is 4.00. The molecule has 0 aromatic heterocycles. The summed E-state index contributed by atoms with van der Waals surface area (Å²) in [7, 11) is 1.31. The molecule has 8 heteroatoms. The minimum absolute atomic E-state index is 0.0898. The van der Waals surface area contributed by atoms with E-state index in [1.807, 2.05) is 13.8 Å². The fourth-order valence-corrected chi connectivity index (χ4v) is 2.53. The molecule has 1 aliphatic rings. The molecule has 0 saturated heterocycles. The van der Waals surface area contributed by atoms with Crippen LogP contribution in [0.3, 0.4) is 0 Å². The summed E-state index contributed by atoms with van der Waals surface area (Å²) in [6.07, 6.45) is -0.0900. The van der Waals surface area contributed by atoms with E-state index in [1.54, 1.807) is 0 Å². The first-order chi connectivity index (χ1) is 11.3. The number of ether oxygens (including phenoxy) is 2. The van der Waals surface area contributed by atoms with Gasteiger partial charge in [0, 0.05) is 19.0 Å². The first-order valence-electron chi connectivity index (χ1n) is 7.68. The largest absolute Gasteiger partial charge is 0.478 e. The fourth-order valence-electron chi connectivity index (χ4n) is 2.53. The molecule has 1 aromatic carbocycles. The number of anilines is 1. The molecule has 0 saturated carbocycles. The number of rotatable bonds is 6. The van der Waals surface area contributed by atoms with Crippen molar-refractivity contribution in [3.63, 3.8) is 0 Å². The Bertz CT molecular complexity index is 658. The lowest BCUT2D eigenvalue weighted by Gasteiger charge is -2.35. The minimum Gasteiger partial charge on any atom is -0.478 e. The molecule has 1 heterocycles. The van der Waals surface area contributed by atoms with Gasteiger partial charge in [-0.25, -0.2) is 0 Å². The Morgan fingerprint density at radius 1 is 1.46 bits per heavy atom. The highest BCUT2D eigenvalue weighted by atomic mass is 16.6. The van der Waals surface area contributed by atoms with Crippen LogP contribution in [0.1, 0.15) is 26.7 Å². The molecule has 1 aromatic rings. The number of non-ortho nitro benzene ring substituents is 1. The van der Waals surface area contributed by atoms with Crippen molar-refractivity contribution in [3.8, 4) is 5.75 Å². The molecule has 0 bridgehead atoms. The molecule has 130 valence electrons. The summed E-state index contributed by atoms with van der Waals surface area (Å²) >= 11 is 0. The number of nitro groups is 1. The lowest BCUT2D eigenvalue weighted by atomic mass is 10.0. The van der Waals surface area contributed by atoms with Gasteiger partial charge in [-0.1, -0.05) is 13.8 Å². The van der Waals surface area contributed by atoms with E-state index in [4.69, 9.17) is 4.74 Å². The predicted molar refractivity (Wildman–Crippen MR) is 86.0 cm³/mol. The summed E-state index contributed by atoms with van der Waals surface area (Å²) in [5.41, 5.74) is 0.382. The normalized spacial score (nSPS) is 16.6. The van der Waals surface area contributed by atoms with E-state index >= 15 is 0 Å². The molecule has 0 spiro atoms. The van der Waals surface area contributed by atoms with E-state index in [0.29, 0.717) is 24.4 Å². The molecule has 0 radical (unpaired) electrons. The highest BCUT2D eigenvalue weighted by Gasteiger charge is 2.36. The van der Waals surface area contributed by atoms with Crippen molar-refractivity contribution in [2.45, 2.75) is 32.8 Å². The molecule has 0 fully saturated rings. The fraction of sp³-hybridized carbons (Fsp3) is 0.500. The number of amides is 1. The lowest BCUT2D eigenvalue weighted by molar-refractivity contribution is -0.384. The predicted octanol–water partition coefficient (Wildman–Crippen LogP) is 2.30. The number of nitro benzene ring substituents is 1. The van der Waals surface area contributed by atoms with Gasteiger partial charge in [0.15, 0.2) is 11.9 Å². The van der Waals surface area contributed by atoms with Crippen molar-refractivity contribution in [2.24, 2.45) is 5.92 Å². The maximum atomic E-state index is 12.6. The second kappa shape index (κ2) is 7.29. The lowest BCUT2D eigenvalue weighted by Crippen LogP contribution is -2.48. The van der Waals surface area contributed by atoms with Gasteiger partial charge in [0.2, 0.25) is 0 Å². The maximum Gasteiger partial charge on any atom is 0.305 e. The van der Waals surface area contributed by atoms with E-state index in [1.165, 1.54) is 30.2 Å². The van der Waals surface area contributed by atoms with Gasteiger partial charge in [-0.3, -0.25) is 19.7 Å². The van der Waals surface area contributed by atoms with Crippen molar-refractivity contribution in [1.82, 2.24) is 0 Å². The number of carbonyl (C=O) groups is 2. The summed E-state index contributed by atoms with van der Waals surface area (Å²) in [5, 5.41) is 10.9. The number of hydrogen-bond donors (Lipinski definition) is 0. The zero-order valence-electron chi connectivity index (χ0n) is 13.9. The quantitative estimate of drug-likeness (QED) is 0.449. The second-order valence-corrected chi connectivity index (χ2v) is 5.86. The summed E-state index contributed by atoms with van der Waals surface area (Å²) < 4.78 is 10.3. The third kappa shape index (κ3) is 3.64. The molecule has 0 aliphatic carbocycles. The van der Waals surface area contributed by atoms with Crippen LogP contribution >= 0.6 is 0 Å². The zero-order chi connectivity index (χ0) is 17.9. The first-order valence-corrected chi connectivity index (χ1v) is 7.68. The molecule has 24 heavy (non-hydrogen) atoms. The van der Waals surface area contributed by atoms with Gasteiger partial charge in [0.1, 0.15) is 0 Å². The molecular weight excluding hydrogens is 316 g/mol. The van der Waals surface area contributed by atoms with Gasteiger partial charge in [0.25, 0.3) is 11.6 Å². The average molecular weight is 336 g/mol. The zero-order valence-corrected chi connectivity index (χ0v) is 13.9. The van der Waals surface area contributed by atoms with Gasteiger partial charge in [0.05, 0.1) is 23.8 Å². The number of carbonyl (C=O) groups excluding carboxylic acids is 2. The van der Waals surface area contributed by atoms with Crippen LogP contribution in [0.2, 0.25) is 0 Å². The Morgan fingerprint density at radius 2 is 2.17 bits per heavy atom. The van der Waals surface area contributed by atoms with Crippen molar-refractivity contribution < 1.29 is 24.0 Å². The Labute approximate surface area is 139 Å². The van der Waals surface area contributed by atoms with Crippen LogP contribution in [-0.4, -0.2) is 36.6 Å². The Kier molecular flexibility index (Phi) is 5.38. The molecule has 0 N–H and O–H groups in total. The third-order valence-electron chi connectivity index (χ3n) is 3.80. The van der Waals surface area contributed by atoms with Crippen LogP contribution in [0.25, 0.3) is 0 Å². The van der Waals surface area contributed by atoms with Gasteiger partial charge < -0.3 is 14.4 Å². The van der Waals surface area contributed by atoms with Gasteiger partial charge in [-0.2, -0.15) is 0 Å². The SMILES string of the molecule is COC(=O)CCCN1C(=O)C(C(C)C)Oc2cc([N+](=O)[O-])ccc21. The standard InChI is InChI=1S/C16H20N2O6/c1-10(2)15-16(20)17(8-4-5-14(19)23-3)12-7-6-11(18(21)22)9-13(12)24-15/h6-7,9-10,15H,4-5,8H2,1-3H3. The molecule has 2 rings (SSSR count). The van der Waals surface area contributed by atoms with Crippen molar-refractivity contribution in [1.29, 1.82) is 0 Å². The number of fused-ring (bicyclic) bond motifs is 1. The molecule has 1 amide bonds. The maximum absolute atomic E-state index is 12.6. The molecule has 1 atom stereocenters. The smallest absolute Gasteiger partial charge is 0.305 e. The topological polar surface area (TPSA) is 99.0 Å². The molecule has 1 unspecified atom stereocenters. The van der Waals surface area contributed by atoms with Crippen LogP contribution in [0.5, 0.6) is 5.75 Å². The Morgan fingerprint density at radius 3 is 2.75 bits per heavy atom. The molecule has 1 aliphatic heterocycles. The summed E-state index contributed by atoms with van der Waals surface area (Å²) in [4.78, 5) is 35.9. The van der Waals surface area contributed by atoms with Gasteiger partial charge >= 0.3 is 5.97 Å². The molecule has 8 nitrogen and oxygen atoms in total. The van der Waals surface area contributed by atoms with E-state index in [9.17, 15) is 19.7 Å². The van der Waals surface area contributed by atoms with Gasteiger partial charge in [-0.05, 0) is 18.4 Å². The van der Waals surface area contributed by atoms with Crippen molar-refractivity contribution >= 4 is 23.3 Å². The average Bonchev–Trinajstić information content (AvgIpc) is 2.55. The molecular formula is C16H20N2O6. The van der Waals surface area contributed by atoms with Crippen LogP contribution in [0.4, 0.5) is 11.4 Å². The second-order valence-electron chi connectivity index (χ2n) is 5.86. The first kappa shape index (κ1) is 17.7. The van der Waals surface area contributed by atoms with Crippen molar-refractivity contribution in [3.05, 3.63) is 28.3 Å². The van der Waals surface area contributed by atoms with E-state index < -0.39 is 11.0 Å². The van der Waals surface area contributed by atoms with Crippen LogP contribution < -0.4 is 9.64 Å². The summed E-state index contributed by atoms with van der Waals surface area (Å²) in [6, 6.07) is 4.16. The van der Waals surface area contributed by atoms with E-state index in [2.05, 4.69) is 4.74 Å². The monoisotopic (exact) mass is 336 g/mol. The van der Waals surface area contributed by atoms with Crippen LogP contribution in [0.15, 0.2) is 18.2 Å². The number of hydrogen-bond acceptors (Lipinski definition) is 6. The third-order valence-corrected chi connectivity index (χ3v) is 3.80. The van der Waals surface area contributed by atoms with Crippen LogP contribution in [-0.2, 0) is 14.3 Å². The summed E-state index contributed by atoms with van der Waals surface area (Å²) in [5.74, 6) is -0.343. The number of nitrogens with zero attached hydrogens (tertiary/aromatic N) is 2. The Balaban J connectivity index is 2.29. The van der Waals surface area contributed by atoms with E-state index in [-0.39, 0.29) is 29.9 Å². The highest BCUT2D eigenvalue weighted by Crippen LogP contribution is 2.38.